The van der Waals surface area contributed by atoms with E-state index in [1.807, 2.05) is 25.5 Å². The lowest BCUT2D eigenvalue weighted by molar-refractivity contribution is 0.768. The Labute approximate surface area is 111 Å². The van der Waals surface area contributed by atoms with Crippen LogP contribution in [0.25, 0.3) is 16.6 Å². The molecule has 0 aliphatic rings. The third-order valence-electron chi connectivity index (χ3n) is 2.72. The molecule has 0 atom stereocenters. The van der Waals surface area contributed by atoms with Crippen molar-refractivity contribution in [1.29, 1.82) is 5.26 Å². The van der Waals surface area contributed by atoms with Crippen molar-refractivity contribution >= 4 is 21.4 Å². The summed E-state index contributed by atoms with van der Waals surface area (Å²) in [4.78, 5) is 0. The molecule has 0 aliphatic heterocycles. The molecule has 5 nitrogen and oxygen atoms in total. The van der Waals surface area contributed by atoms with Gasteiger partial charge in [0.15, 0.2) is 0 Å². The van der Waals surface area contributed by atoms with Gasteiger partial charge in [-0.3, -0.25) is 4.68 Å². The van der Waals surface area contributed by atoms with Gasteiger partial charge in [-0.1, -0.05) is 0 Å². The number of hydrogen-bond donors (Lipinski definition) is 0. The van der Waals surface area contributed by atoms with Crippen LogP contribution in [0.3, 0.4) is 0 Å². The van der Waals surface area contributed by atoms with Gasteiger partial charge in [-0.05, 0) is 22.0 Å². The number of rotatable bonds is 1. The van der Waals surface area contributed by atoms with E-state index in [1.165, 1.54) is 0 Å². The van der Waals surface area contributed by atoms with E-state index in [9.17, 15) is 0 Å². The number of nitriles is 1. The van der Waals surface area contributed by atoms with E-state index in [0.717, 1.165) is 21.1 Å². The van der Waals surface area contributed by atoms with Gasteiger partial charge in [0.1, 0.15) is 6.07 Å². The molecule has 88 valence electrons. The molecule has 0 spiro atoms. The van der Waals surface area contributed by atoms with Crippen LogP contribution in [0, 0.1) is 11.3 Å². The molecule has 3 aromatic rings. The Morgan fingerprint density at radius 3 is 2.72 bits per heavy atom. The number of halogens is 1. The second-order valence-electron chi connectivity index (χ2n) is 3.94. The van der Waals surface area contributed by atoms with E-state index in [4.69, 9.17) is 5.26 Å². The fourth-order valence-electron chi connectivity index (χ4n) is 1.88. The van der Waals surface area contributed by atoms with E-state index in [0.29, 0.717) is 5.56 Å². The Morgan fingerprint density at radius 2 is 2.06 bits per heavy atom. The van der Waals surface area contributed by atoms with Crippen molar-refractivity contribution in [3.8, 4) is 17.2 Å². The average molecular weight is 302 g/mol. The normalized spacial score (nSPS) is 10.7. The molecule has 0 unspecified atom stereocenters. The summed E-state index contributed by atoms with van der Waals surface area (Å²) in [5.74, 6) is 0. The fourth-order valence-corrected chi connectivity index (χ4v) is 2.52. The molecule has 0 saturated carbocycles. The number of aryl methyl sites for hydroxylation is 1. The largest absolute Gasteiger partial charge is 0.275 e. The van der Waals surface area contributed by atoms with Crippen molar-refractivity contribution < 1.29 is 0 Å². The zero-order valence-corrected chi connectivity index (χ0v) is 11.1. The standard InChI is InChI=1S/C12H8BrN5/c1-17-6-10(5-15-17)8-2-11(13)12-9(3-14)4-16-18(12)7-8/h2,4-7H,1H3. The van der Waals surface area contributed by atoms with Crippen LogP contribution in [-0.4, -0.2) is 19.4 Å². The predicted octanol–water partition coefficient (Wildman–Crippen LogP) is 2.37. The van der Waals surface area contributed by atoms with E-state index >= 15 is 0 Å². The zero-order chi connectivity index (χ0) is 12.7. The maximum absolute atomic E-state index is 9.00. The van der Waals surface area contributed by atoms with Crippen LogP contribution in [0.2, 0.25) is 0 Å². The van der Waals surface area contributed by atoms with Crippen LogP contribution in [0.5, 0.6) is 0 Å². The Balaban J connectivity index is 2.26. The molecule has 0 aromatic carbocycles. The Bertz CT molecular complexity index is 777. The Kier molecular flexibility index (Phi) is 2.42. The summed E-state index contributed by atoms with van der Waals surface area (Å²) >= 11 is 3.48. The lowest BCUT2D eigenvalue weighted by Gasteiger charge is -2.02. The smallest absolute Gasteiger partial charge is 0.103 e. The molecule has 18 heavy (non-hydrogen) atoms. The summed E-state index contributed by atoms with van der Waals surface area (Å²) in [5.41, 5.74) is 3.34. The summed E-state index contributed by atoms with van der Waals surface area (Å²) in [6.45, 7) is 0. The SMILES string of the molecule is Cn1cc(-c2cc(Br)c3c(C#N)cnn3c2)cn1. The van der Waals surface area contributed by atoms with Crippen molar-refractivity contribution in [2.75, 3.05) is 0 Å². The molecule has 0 N–H and O–H groups in total. The van der Waals surface area contributed by atoms with Crippen LogP contribution < -0.4 is 0 Å². The molecule has 0 fully saturated rings. The van der Waals surface area contributed by atoms with Gasteiger partial charge in [0, 0.05) is 35.0 Å². The van der Waals surface area contributed by atoms with Crippen molar-refractivity contribution in [2.24, 2.45) is 7.05 Å². The molecular formula is C12H8BrN5. The molecule has 6 heteroatoms. The predicted molar refractivity (Wildman–Crippen MR) is 69.8 cm³/mol. The first kappa shape index (κ1) is 11.0. The number of hydrogen-bond acceptors (Lipinski definition) is 3. The molecular weight excluding hydrogens is 294 g/mol. The molecule has 0 amide bonds. The molecule has 0 radical (unpaired) electrons. The van der Waals surface area contributed by atoms with Gasteiger partial charge >= 0.3 is 0 Å². The maximum atomic E-state index is 9.00. The number of pyridine rings is 1. The monoisotopic (exact) mass is 301 g/mol. The topological polar surface area (TPSA) is 58.9 Å². The van der Waals surface area contributed by atoms with Crippen LogP contribution in [0.15, 0.2) is 35.3 Å². The van der Waals surface area contributed by atoms with Gasteiger partial charge in [0.25, 0.3) is 0 Å². The van der Waals surface area contributed by atoms with Crippen molar-refractivity contribution in [3.63, 3.8) is 0 Å². The van der Waals surface area contributed by atoms with E-state index < -0.39 is 0 Å². The lowest BCUT2D eigenvalue weighted by atomic mass is 10.1. The highest BCUT2D eigenvalue weighted by Crippen LogP contribution is 2.27. The molecule has 3 rings (SSSR count). The molecule has 0 bridgehead atoms. The van der Waals surface area contributed by atoms with Gasteiger partial charge in [0.2, 0.25) is 0 Å². The first-order valence-electron chi connectivity index (χ1n) is 5.25. The van der Waals surface area contributed by atoms with E-state index in [1.54, 1.807) is 21.6 Å². The molecule has 3 heterocycles. The summed E-state index contributed by atoms with van der Waals surface area (Å²) in [7, 11) is 1.87. The zero-order valence-electron chi connectivity index (χ0n) is 9.50. The van der Waals surface area contributed by atoms with Crippen LogP contribution in [0.1, 0.15) is 5.56 Å². The highest BCUT2D eigenvalue weighted by atomic mass is 79.9. The highest BCUT2D eigenvalue weighted by molar-refractivity contribution is 9.10. The third-order valence-corrected chi connectivity index (χ3v) is 3.33. The summed E-state index contributed by atoms with van der Waals surface area (Å²) in [6, 6.07) is 4.09. The van der Waals surface area contributed by atoms with Gasteiger partial charge in [-0.15, -0.1) is 0 Å². The number of aromatic nitrogens is 4. The summed E-state index contributed by atoms with van der Waals surface area (Å²) in [5, 5.41) is 17.3. The number of fused-ring (bicyclic) bond motifs is 1. The highest BCUT2D eigenvalue weighted by Gasteiger charge is 2.10. The minimum absolute atomic E-state index is 0.555. The third kappa shape index (κ3) is 1.60. The Morgan fingerprint density at radius 1 is 1.22 bits per heavy atom. The molecule has 0 aliphatic carbocycles. The van der Waals surface area contributed by atoms with E-state index in [-0.39, 0.29) is 0 Å². The van der Waals surface area contributed by atoms with Gasteiger partial charge in [-0.2, -0.15) is 15.5 Å². The minimum Gasteiger partial charge on any atom is -0.275 e. The lowest BCUT2D eigenvalue weighted by Crippen LogP contribution is -1.90. The average Bonchev–Trinajstić information content (AvgIpc) is 2.95. The van der Waals surface area contributed by atoms with Gasteiger partial charge in [0.05, 0.1) is 23.5 Å². The second kappa shape index (κ2) is 3.96. The van der Waals surface area contributed by atoms with Gasteiger partial charge in [-0.25, -0.2) is 4.52 Å². The maximum Gasteiger partial charge on any atom is 0.103 e. The second-order valence-corrected chi connectivity index (χ2v) is 4.80. The van der Waals surface area contributed by atoms with E-state index in [2.05, 4.69) is 32.2 Å². The van der Waals surface area contributed by atoms with Crippen LogP contribution in [0.4, 0.5) is 0 Å². The number of nitrogens with zero attached hydrogens (tertiary/aromatic N) is 5. The molecule has 3 aromatic heterocycles. The summed E-state index contributed by atoms with van der Waals surface area (Å²) in [6.07, 6.45) is 7.18. The van der Waals surface area contributed by atoms with Crippen molar-refractivity contribution in [3.05, 3.63) is 40.9 Å². The van der Waals surface area contributed by atoms with Gasteiger partial charge < -0.3 is 0 Å². The minimum atomic E-state index is 0.555. The van der Waals surface area contributed by atoms with Crippen molar-refractivity contribution in [2.45, 2.75) is 0 Å². The summed E-state index contributed by atoms with van der Waals surface area (Å²) < 4.78 is 4.29. The first-order valence-corrected chi connectivity index (χ1v) is 6.04. The fraction of sp³-hybridized carbons (Fsp3) is 0.0833. The Hall–Kier alpha value is -2.13. The quantitative estimate of drug-likeness (QED) is 0.693. The molecule has 0 saturated heterocycles. The van der Waals surface area contributed by atoms with Crippen LogP contribution in [-0.2, 0) is 7.05 Å². The van der Waals surface area contributed by atoms with Crippen LogP contribution >= 0.6 is 15.9 Å². The van der Waals surface area contributed by atoms with Crippen molar-refractivity contribution in [1.82, 2.24) is 19.4 Å². The first-order chi connectivity index (χ1) is 8.69.